The van der Waals surface area contributed by atoms with Gasteiger partial charge in [-0.3, -0.25) is 0 Å². The fraction of sp³-hybridized carbons (Fsp3) is 0.125. The van der Waals surface area contributed by atoms with Crippen molar-refractivity contribution in [3.63, 3.8) is 0 Å². The van der Waals surface area contributed by atoms with Crippen LogP contribution < -0.4 is 14.8 Å². The minimum atomic E-state index is 0.306. The summed E-state index contributed by atoms with van der Waals surface area (Å²) in [6.07, 6.45) is 6.12. The summed E-state index contributed by atoms with van der Waals surface area (Å²) >= 11 is 12.8. The molecule has 0 unspecified atom stereocenters. The van der Waals surface area contributed by atoms with Crippen LogP contribution in [0.25, 0.3) is 11.3 Å². The first kappa shape index (κ1) is 17.2. The predicted octanol–water partition coefficient (Wildman–Crippen LogP) is 4.00. The summed E-state index contributed by atoms with van der Waals surface area (Å²) in [4.78, 5) is 16.4. The van der Waals surface area contributed by atoms with Gasteiger partial charge in [0, 0.05) is 18.5 Å². The number of hydrogen-bond acceptors (Lipinski definition) is 7. The van der Waals surface area contributed by atoms with Crippen LogP contribution in [0.4, 0.5) is 11.5 Å². The Bertz CT molecular complexity index is 865. The van der Waals surface area contributed by atoms with Crippen molar-refractivity contribution in [1.82, 2.24) is 19.9 Å². The quantitative estimate of drug-likeness (QED) is 0.719. The lowest BCUT2D eigenvalue weighted by molar-refractivity contribution is 0.395. The van der Waals surface area contributed by atoms with Crippen molar-refractivity contribution >= 4 is 34.7 Å². The van der Waals surface area contributed by atoms with Crippen molar-refractivity contribution in [2.75, 3.05) is 19.5 Å². The molecule has 0 spiro atoms. The topological polar surface area (TPSA) is 82.0 Å². The van der Waals surface area contributed by atoms with E-state index in [2.05, 4.69) is 25.3 Å². The van der Waals surface area contributed by atoms with Gasteiger partial charge in [-0.25, -0.2) is 19.9 Å². The Hall–Kier alpha value is -2.64. The second kappa shape index (κ2) is 7.50. The van der Waals surface area contributed by atoms with Gasteiger partial charge in [0.2, 0.25) is 0 Å². The number of benzene rings is 1. The molecule has 0 amide bonds. The third-order valence-electron chi connectivity index (χ3n) is 3.39. The number of ether oxygens (including phenoxy) is 2. The maximum absolute atomic E-state index is 6.39. The first-order valence-electron chi connectivity index (χ1n) is 7.09. The van der Waals surface area contributed by atoms with Crippen molar-refractivity contribution in [1.29, 1.82) is 0 Å². The SMILES string of the molecule is COc1cc(OC)c(Cl)c(Nc2ncncc2-c2ccncn2)c1Cl. The van der Waals surface area contributed by atoms with Crippen LogP contribution >= 0.6 is 23.2 Å². The lowest BCUT2D eigenvalue weighted by Crippen LogP contribution is -2.01. The number of rotatable bonds is 5. The summed E-state index contributed by atoms with van der Waals surface area (Å²) in [6.45, 7) is 0. The van der Waals surface area contributed by atoms with Crippen LogP contribution in [0.3, 0.4) is 0 Å². The van der Waals surface area contributed by atoms with E-state index < -0.39 is 0 Å². The number of hydrogen-bond donors (Lipinski definition) is 1. The Morgan fingerprint density at radius 2 is 1.64 bits per heavy atom. The van der Waals surface area contributed by atoms with Crippen molar-refractivity contribution in [3.05, 3.63) is 47.2 Å². The largest absolute Gasteiger partial charge is 0.495 e. The number of anilines is 2. The van der Waals surface area contributed by atoms with Gasteiger partial charge >= 0.3 is 0 Å². The molecule has 0 radical (unpaired) electrons. The fourth-order valence-corrected chi connectivity index (χ4v) is 2.78. The molecule has 1 aromatic carbocycles. The van der Waals surface area contributed by atoms with Crippen LogP contribution in [0, 0.1) is 0 Å². The number of nitrogens with zero attached hydrogens (tertiary/aromatic N) is 4. The molecule has 0 bridgehead atoms. The van der Waals surface area contributed by atoms with E-state index in [4.69, 9.17) is 32.7 Å². The molecular weight excluding hydrogens is 365 g/mol. The second-order valence-electron chi connectivity index (χ2n) is 4.79. The monoisotopic (exact) mass is 377 g/mol. The molecule has 1 N–H and O–H groups in total. The van der Waals surface area contributed by atoms with E-state index in [0.717, 1.165) is 0 Å². The number of methoxy groups -OCH3 is 2. The van der Waals surface area contributed by atoms with Crippen LogP contribution in [0.15, 0.2) is 37.2 Å². The average molecular weight is 378 g/mol. The minimum Gasteiger partial charge on any atom is -0.495 e. The molecule has 2 aromatic heterocycles. The molecule has 9 heteroatoms. The highest BCUT2D eigenvalue weighted by atomic mass is 35.5. The van der Waals surface area contributed by atoms with Crippen LogP contribution in [0.5, 0.6) is 11.5 Å². The Morgan fingerprint density at radius 3 is 2.24 bits per heavy atom. The Kier molecular flexibility index (Phi) is 5.16. The Balaban J connectivity index is 2.10. The summed E-state index contributed by atoms with van der Waals surface area (Å²) in [5.74, 6) is 1.32. The average Bonchev–Trinajstić information content (AvgIpc) is 2.66. The third kappa shape index (κ3) is 3.42. The normalized spacial score (nSPS) is 10.4. The molecule has 128 valence electrons. The fourth-order valence-electron chi connectivity index (χ4n) is 2.18. The highest BCUT2D eigenvalue weighted by molar-refractivity contribution is 6.41. The lowest BCUT2D eigenvalue weighted by Gasteiger charge is -2.16. The van der Waals surface area contributed by atoms with E-state index in [1.54, 1.807) is 24.5 Å². The van der Waals surface area contributed by atoms with Crippen molar-refractivity contribution in [2.45, 2.75) is 0 Å². The summed E-state index contributed by atoms with van der Waals surface area (Å²) in [7, 11) is 3.02. The standard InChI is InChI=1S/C16H13Cl2N5O2/c1-24-11-5-12(25-2)14(18)15(13(11)17)23-16-9(6-20-8-22-16)10-3-4-19-7-21-10/h3-8H,1-2H3,(H,20,22,23). The minimum absolute atomic E-state index is 0.306. The Morgan fingerprint density at radius 1 is 0.960 bits per heavy atom. The Labute approximate surface area is 154 Å². The van der Waals surface area contributed by atoms with Gasteiger partial charge < -0.3 is 14.8 Å². The molecule has 0 aliphatic rings. The van der Waals surface area contributed by atoms with Gasteiger partial charge in [0.05, 0.1) is 31.2 Å². The molecule has 7 nitrogen and oxygen atoms in total. The molecule has 0 saturated carbocycles. The molecule has 0 saturated heterocycles. The summed E-state index contributed by atoms with van der Waals surface area (Å²) in [5.41, 5.74) is 1.73. The summed E-state index contributed by atoms with van der Waals surface area (Å²) in [6, 6.07) is 3.36. The molecule has 3 rings (SSSR count). The van der Waals surface area contributed by atoms with Gasteiger partial charge in [0.25, 0.3) is 0 Å². The van der Waals surface area contributed by atoms with Crippen LogP contribution in [0.1, 0.15) is 0 Å². The number of nitrogens with one attached hydrogen (secondary N) is 1. The molecule has 3 aromatic rings. The van der Waals surface area contributed by atoms with Gasteiger partial charge in [-0.05, 0) is 6.07 Å². The van der Waals surface area contributed by atoms with E-state index >= 15 is 0 Å². The van der Waals surface area contributed by atoms with Gasteiger partial charge in [0.1, 0.15) is 40.0 Å². The molecule has 0 aliphatic carbocycles. The van der Waals surface area contributed by atoms with Gasteiger partial charge in [-0.15, -0.1) is 0 Å². The number of aromatic nitrogens is 4. The maximum atomic E-state index is 6.39. The van der Waals surface area contributed by atoms with E-state index in [9.17, 15) is 0 Å². The van der Waals surface area contributed by atoms with E-state index in [0.29, 0.717) is 44.3 Å². The predicted molar refractivity (Wildman–Crippen MR) is 95.9 cm³/mol. The molecule has 25 heavy (non-hydrogen) atoms. The van der Waals surface area contributed by atoms with Gasteiger partial charge in [-0.2, -0.15) is 0 Å². The van der Waals surface area contributed by atoms with Crippen molar-refractivity contribution in [3.8, 4) is 22.8 Å². The molecule has 2 heterocycles. The van der Waals surface area contributed by atoms with E-state index in [1.807, 2.05) is 0 Å². The van der Waals surface area contributed by atoms with Crippen molar-refractivity contribution in [2.24, 2.45) is 0 Å². The van der Waals surface area contributed by atoms with E-state index in [1.165, 1.54) is 26.9 Å². The zero-order valence-electron chi connectivity index (χ0n) is 13.3. The summed E-state index contributed by atoms with van der Waals surface area (Å²) < 4.78 is 10.5. The van der Waals surface area contributed by atoms with Crippen LogP contribution in [-0.4, -0.2) is 34.2 Å². The van der Waals surface area contributed by atoms with E-state index in [-0.39, 0.29) is 0 Å². The molecule has 0 aliphatic heterocycles. The van der Waals surface area contributed by atoms with Crippen LogP contribution in [-0.2, 0) is 0 Å². The smallest absolute Gasteiger partial charge is 0.143 e. The highest BCUT2D eigenvalue weighted by Crippen LogP contribution is 2.45. The molecule has 0 atom stereocenters. The maximum Gasteiger partial charge on any atom is 0.143 e. The summed E-state index contributed by atoms with van der Waals surface area (Å²) in [5, 5.41) is 3.73. The first-order valence-corrected chi connectivity index (χ1v) is 7.84. The van der Waals surface area contributed by atoms with Gasteiger partial charge in [0.15, 0.2) is 0 Å². The highest BCUT2D eigenvalue weighted by Gasteiger charge is 2.19. The van der Waals surface area contributed by atoms with Crippen LogP contribution in [0.2, 0.25) is 10.0 Å². The zero-order valence-corrected chi connectivity index (χ0v) is 14.8. The third-order valence-corrected chi connectivity index (χ3v) is 4.14. The first-order chi connectivity index (χ1) is 12.2. The molecular formula is C16H13Cl2N5O2. The number of halogens is 2. The second-order valence-corrected chi connectivity index (χ2v) is 5.54. The zero-order chi connectivity index (χ0) is 17.8. The molecule has 0 fully saturated rings. The van der Waals surface area contributed by atoms with Gasteiger partial charge in [-0.1, -0.05) is 23.2 Å². The van der Waals surface area contributed by atoms with Crippen molar-refractivity contribution < 1.29 is 9.47 Å². The lowest BCUT2D eigenvalue weighted by atomic mass is 10.2.